The lowest BCUT2D eigenvalue weighted by Gasteiger charge is -2.12. The number of hydrogen-bond acceptors (Lipinski definition) is 3. The first-order chi connectivity index (χ1) is 9.10. The molecule has 2 rings (SSSR count). The first-order valence-corrected chi connectivity index (χ1v) is 6.32. The van der Waals surface area contributed by atoms with Crippen molar-refractivity contribution < 1.29 is 4.74 Å². The highest BCUT2D eigenvalue weighted by Gasteiger charge is 2.04. The van der Waals surface area contributed by atoms with E-state index in [0.717, 1.165) is 22.7 Å². The van der Waals surface area contributed by atoms with Crippen LogP contribution in [-0.2, 0) is 0 Å². The molecular weight excluding hydrogens is 256 g/mol. The summed E-state index contributed by atoms with van der Waals surface area (Å²) in [5.41, 5.74) is 9.50. The van der Waals surface area contributed by atoms with Crippen LogP contribution in [-0.4, -0.2) is 12.1 Å². The molecule has 0 radical (unpaired) electrons. The molecule has 0 bridgehead atoms. The summed E-state index contributed by atoms with van der Waals surface area (Å²) in [6.45, 7) is 2.04. The van der Waals surface area contributed by atoms with E-state index in [2.05, 4.69) is 5.32 Å². The zero-order valence-corrected chi connectivity index (χ0v) is 11.8. The fourth-order valence-corrected chi connectivity index (χ4v) is 1.93. The van der Waals surface area contributed by atoms with Gasteiger partial charge in [-0.3, -0.25) is 0 Å². The van der Waals surface area contributed by atoms with Crippen molar-refractivity contribution in [3.63, 3.8) is 0 Å². The monoisotopic (exact) mass is 272 g/mol. The van der Waals surface area contributed by atoms with E-state index in [0.29, 0.717) is 4.99 Å². The summed E-state index contributed by atoms with van der Waals surface area (Å²) in [5, 5.41) is 3.32. The van der Waals surface area contributed by atoms with E-state index in [1.54, 1.807) is 7.11 Å². The van der Waals surface area contributed by atoms with Gasteiger partial charge in [0, 0.05) is 11.3 Å². The summed E-state index contributed by atoms with van der Waals surface area (Å²) < 4.78 is 5.33. The van der Waals surface area contributed by atoms with Gasteiger partial charge < -0.3 is 15.8 Å². The predicted octanol–water partition coefficient (Wildman–Crippen LogP) is 3.38. The lowest BCUT2D eigenvalue weighted by molar-refractivity contribution is 0.416. The van der Waals surface area contributed by atoms with Gasteiger partial charge in [-0.25, -0.2) is 0 Å². The van der Waals surface area contributed by atoms with Crippen LogP contribution in [0.5, 0.6) is 5.75 Å². The van der Waals surface area contributed by atoms with Gasteiger partial charge in [-0.1, -0.05) is 18.3 Å². The number of nitrogens with one attached hydrogen (secondary N) is 1. The summed E-state index contributed by atoms with van der Waals surface area (Å²) in [7, 11) is 1.66. The van der Waals surface area contributed by atoms with Crippen LogP contribution in [0.25, 0.3) is 0 Å². The SMILES string of the molecule is COc1ccc(C)cc1Nc1ccc(C(N)=S)cc1. The van der Waals surface area contributed by atoms with E-state index in [-0.39, 0.29) is 0 Å². The van der Waals surface area contributed by atoms with Crippen LogP contribution in [0.4, 0.5) is 11.4 Å². The molecule has 0 spiro atoms. The predicted molar refractivity (Wildman–Crippen MR) is 83.3 cm³/mol. The molecule has 19 heavy (non-hydrogen) atoms. The Morgan fingerprint density at radius 2 is 1.84 bits per heavy atom. The van der Waals surface area contributed by atoms with Crippen molar-refractivity contribution in [3.8, 4) is 5.75 Å². The molecule has 3 N–H and O–H groups in total. The fraction of sp³-hybridized carbons (Fsp3) is 0.133. The third-order valence-electron chi connectivity index (χ3n) is 2.80. The molecule has 98 valence electrons. The van der Waals surface area contributed by atoms with Crippen molar-refractivity contribution >= 4 is 28.6 Å². The highest BCUT2D eigenvalue weighted by atomic mass is 32.1. The van der Waals surface area contributed by atoms with E-state index in [9.17, 15) is 0 Å². The van der Waals surface area contributed by atoms with E-state index in [4.69, 9.17) is 22.7 Å². The molecule has 2 aromatic rings. The van der Waals surface area contributed by atoms with Crippen molar-refractivity contribution in [1.82, 2.24) is 0 Å². The van der Waals surface area contributed by atoms with Crippen LogP contribution in [0.2, 0.25) is 0 Å². The Morgan fingerprint density at radius 1 is 1.16 bits per heavy atom. The Labute approximate surface area is 118 Å². The van der Waals surface area contributed by atoms with Crippen LogP contribution in [0.3, 0.4) is 0 Å². The van der Waals surface area contributed by atoms with E-state index in [1.165, 1.54) is 5.56 Å². The molecule has 0 aliphatic rings. The third-order valence-corrected chi connectivity index (χ3v) is 3.04. The number of aryl methyl sites for hydroxylation is 1. The third kappa shape index (κ3) is 3.23. The van der Waals surface area contributed by atoms with Gasteiger partial charge in [0.1, 0.15) is 10.7 Å². The Balaban J connectivity index is 2.25. The second-order valence-corrected chi connectivity index (χ2v) is 4.71. The molecule has 0 aliphatic carbocycles. The minimum Gasteiger partial charge on any atom is -0.495 e. The minimum absolute atomic E-state index is 0.402. The summed E-state index contributed by atoms with van der Waals surface area (Å²) in [5.74, 6) is 0.809. The zero-order valence-electron chi connectivity index (χ0n) is 10.9. The maximum Gasteiger partial charge on any atom is 0.142 e. The summed E-state index contributed by atoms with van der Waals surface area (Å²) in [4.78, 5) is 0.402. The van der Waals surface area contributed by atoms with Crippen molar-refractivity contribution in [2.24, 2.45) is 5.73 Å². The van der Waals surface area contributed by atoms with Gasteiger partial charge >= 0.3 is 0 Å². The van der Waals surface area contributed by atoms with Crippen LogP contribution in [0, 0.1) is 6.92 Å². The van der Waals surface area contributed by atoms with Crippen LogP contribution in [0.15, 0.2) is 42.5 Å². The second kappa shape index (κ2) is 5.71. The molecule has 0 heterocycles. The van der Waals surface area contributed by atoms with Crippen LogP contribution >= 0.6 is 12.2 Å². The second-order valence-electron chi connectivity index (χ2n) is 4.27. The topological polar surface area (TPSA) is 47.3 Å². The van der Waals surface area contributed by atoms with Gasteiger partial charge in [0.15, 0.2) is 0 Å². The molecule has 0 unspecified atom stereocenters. The Hall–Kier alpha value is -2.07. The van der Waals surface area contributed by atoms with Gasteiger partial charge in [0.25, 0.3) is 0 Å². The molecule has 3 nitrogen and oxygen atoms in total. The fourth-order valence-electron chi connectivity index (χ4n) is 1.79. The molecule has 0 atom stereocenters. The Kier molecular flexibility index (Phi) is 4.02. The molecule has 0 amide bonds. The average Bonchev–Trinajstić information content (AvgIpc) is 2.39. The quantitative estimate of drug-likeness (QED) is 0.838. The summed E-state index contributed by atoms with van der Waals surface area (Å²) in [6, 6.07) is 13.7. The number of nitrogens with two attached hydrogens (primary N) is 1. The van der Waals surface area contributed by atoms with E-state index < -0.39 is 0 Å². The summed E-state index contributed by atoms with van der Waals surface area (Å²) in [6.07, 6.45) is 0. The Bertz CT molecular complexity index is 594. The van der Waals surface area contributed by atoms with Crippen molar-refractivity contribution in [3.05, 3.63) is 53.6 Å². The van der Waals surface area contributed by atoms with E-state index in [1.807, 2.05) is 49.4 Å². The van der Waals surface area contributed by atoms with Gasteiger partial charge in [0.05, 0.1) is 12.8 Å². The number of benzene rings is 2. The van der Waals surface area contributed by atoms with Crippen LogP contribution in [0.1, 0.15) is 11.1 Å². The number of anilines is 2. The molecule has 0 aliphatic heterocycles. The lowest BCUT2D eigenvalue weighted by atomic mass is 10.1. The van der Waals surface area contributed by atoms with Gasteiger partial charge in [-0.2, -0.15) is 0 Å². The number of rotatable bonds is 4. The first kappa shape index (κ1) is 13.4. The zero-order chi connectivity index (χ0) is 13.8. The average molecular weight is 272 g/mol. The minimum atomic E-state index is 0.402. The van der Waals surface area contributed by atoms with Crippen molar-refractivity contribution in [1.29, 1.82) is 0 Å². The largest absolute Gasteiger partial charge is 0.495 e. The standard InChI is InChI=1S/C15H16N2OS/c1-10-3-8-14(18-2)13(9-10)17-12-6-4-11(5-7-12)15(16)19/h3-9,17H,1-2H3,(H2,16,19). The highest BCUT2D eigenvalue weighted by molar-refractivity contribution is 7.80. The Morgan fingerprint density at radius 3 is 2.42 bits per heavy atom. The molecular formula is C15H16N2OS. The molecule has 0 saturated heterocycles. The maximum absolute atomic E-state index is 5.57. The van der Waals surface area contributed by atoms with Crippen LogP contribution < -0.4 is 15.8 Å². The number of hydrogen-bond donors (Lipinski definition) is 2. The first-order valence-electron chi connectivity index (χ1n) is 5.91. The smallest absolute Gasteiger partial charge is 0.142 e. The van der Waals surface area contributed by atoms with Gasteiger partial charge in [0.2, 0.25) is 0 Å². The number of thiocarbonyl (C=S) groups is 1. The lowest BCUT2D eigenvalue weighted by Crippen LogP contribution is -2.08. The molecule has 2 aromatic carbocycles. The highest BCUT2D eigenvalue weighted by Crippen LogP contribution is 2.28. The molecule has 0 fully saturated rings. The maximum atomic E-state index is 5.57. The molecule has 0 saturated carbocycles. The van der Waals surface area contributed by atoms with Crippen molar-refractivity contribution in [2.75, 3.05) is 12.4 Å². The van der Waals surface area contributed by atoms with Crippen molar-refractivity contribution in [2.45, 2.75) is 6.92 Å². The van der Waals surface area contributed by atoms with Gasteiger partial charge in [-0.15, -0.1) is 0 Å². The van der Waals surface area contributed by atoms with E-state index >= 15 is 0 Å². The number of ether oxygens (including phenoxy) is 1. The normalized spacial score (nSPS) is 10.0. The van der Waals surface area contributed by atoms with Gasteiger partial charge in [-0.05, 0) is 48.9 Å². The number of methoxy groups -OCH3 is 1. The summed E-state index contributed by atoms with van der Waals surface area (Å²) >= 11 is 4.93. The molecule has 0 aromatic heterocycles. The molecule has 4 heteroatoms.